The third-order valence-electron chi connectivity index (χ3n) is 6.38. The Kier molecular flexibility index (Phi) is 7.43. The van der Waals surface area contributed by atoms with Crippen LogP contribution >= 0.6 is 0 Å². The Morgan fingerprint density at radius 2 is 1.97 bits per heavy atom. The molecule has 2 heterocycles. The topological polar surface area (TPSA) is 137 Å². The molecular formula is C20H28F3N3O6. The zero-order valence-electron chi connectivity index (χ0n) is 17.5. The fraction of sp³-hybridized carbons (Fsp3) is 0.800. The van der Waals surface area contributed by atoms with E-state index in [4.69, 9.17) is 10.5 Å². The van der Waals surface area contributed by atoms with Gasteiger partial charge in [0.1, 0.15) is 6.61 Å². The molecule has 12 heteroatoms. The van der Waals surface area contributed by atoms with E-state index < -0.39 is 54.0 Å². The molecule has 4 N–H and O–H groups in total. The average Bonchev–Trinajstić information content (AvgIpc) is 3.23. The predicted molar refractivity (Wildman–Crippen MR) is 103 cm³/mol. The van der Waals surface area contributed by atoms with Crippen LogP contribution in [0.5, 0.6) is 0 Å². The van der Waals surface area contributed by atoms with E-state index in [0.717, 1.165) is 12.8 Å². The van der Waals surface area contributed by atoms with Gasteiger partial charge >= 0.3 is 6.36 Å². The van der Waals surface area contributed by atoms with Crippen molar-refractivity contribution in [2.75, 3.05) is 19.8 Å². The Morgan fingerprint density at radius 1 is 1.25 bits per heavy atom. The fourth-order valence-electron chi connectivity index (χ4n) is 4.45. The number of primary amides is 1. The van der Waals surface area contributed by atoms with Crippen LogP contribution in [0.2, 0.25) is 0 Å². The number of rotatable bonds is 11. The smallest absolute Gasteiger partial charge is 0.367 e. The summed E-state index contributed by atoms with van der Waals surface area (Å²) in [5.74, 6) is -4.24. The zero-order valence-corrected chi connectivity index (χ0v) is 17.5. The van der Waals surface area contributed by atoms with Gasteiger partial charge in [-0.25, -0.2) is 0 Å². The number of carbonyl (C=O) groups excluding carboxylic acids is 4. The molecule has 1 unspecified atom stereocenters. The molecule has 0 aromatic heterocycles. The Bertz CT molecular complexity index is 749. The first-order chi connectivity index (χ1) is 15.0. The van der Waals surface area contributed by atoms with E-state index in [1.165, 1.54) is 0 Å². The largest absolute Gasteiger partial charge is 0.522 e. The van der Waals surface area contributed by atoms with Gasteiger partial charge in [-0.05, 0) is 38.0 Å². The first-order valence-corrected chi connectivity index (χ1v) is 10.8. The van der Waals surface area contributed by atoms with Gasteiger partial charge in [-0.15, -0.1) is 13.2 Å². The monoisotopic (exact) mass is 463 g/mol. The lowest BCUT2D eigenvalue weighted by molar-refractivity contribution is -0.321. The number of halogens is 3. The fourth-order valence-corrected chi connectivity index (χ4v) is 4.45. The highest BCUT2D eigenvalue weighted by Crippen LogP contribution is 2.43. The number of ether oxygens (including phenoxy) is 2. The lowest BCUT2D eigenvalue weighted by atomic mass is 9.79. The molecule has 0 aromatic carbocycles. The summed E-state index contributed by atoms with van der Waals surface area (Å²) in [6.45, 7) is -0.671. The molecule has 0 spiro atoms. The molecule has 4 atom stereocenters. The highest BCUT2D eigenvalue weighted by molar-refractivity contribution is 5.95. The van der Waals surface area contributed by atoms with Gasteiger partial charge in [-0.2, -0.15) is 0 Å². The maximum atomic E-state index is 13.3. The van der Waals surface area contributed by atoms with Crippen molar-refractivity contribution in [2.24, 2.45) is 23.5 Å². The second-order valence-electron chi connectivity index (χ2n) is 8.71. The standard InChI is InChI=1S/C20H28F3N3O6/c21-20(22,23)32-10-15(27)14(9-12-4-6-25-16(12)28)26-17(29)13(8-11-2-3-11)19(18(24)30)5-1-7-31-19/h11-14H,1-10H2,(H2,24,30)(H,25,28)(H,26,29)/t12-,13+,14-,19?/m0/s1. The molecule has 3 fully saturated rings. The van der Waals surface area contributed by atoms with Crippen molar-refractivity contribution in [1.29, 1.82) is 0 Å². The average molecular weight is 463 g/mol. The summed E-state index contributed by atoms with van der Waals surface area (Å²) >= 11 is 0. The van der Waals surface area contributed by atoms with E-state index in [1.54, 1.807) is 0 Å². The molecule has 2 saturated heterocycles. The van der Waals surface area contributed by atoms with Gasteiger partial charge in [-0.3, -0.25) is 23.9 Å². The van der Waals surface area contributed by atoms with E-state index in [1.807, 2.05) is 0 Å². The maximum Gasteiger partial charge on any atom is 0.522 e. The minimum atomic E-state index is -5.02. The quantitative estimate of drug-likeness (QED) is 0.409. The van der Waals surface area contributed by atoms with Crippen molar-refractivity contribution in [3.8, 4) is 0 Å². The Labute approximate surface area is 182 Å². The van der Waals surface area contributed by atoms with Crippen LogP contribution in [0.4, 0.5) is 13.2 Å². The molecule has 2 aliphatic heterocycles. The lowest BCUT2D eigenvalue weighted by Gasteiger charge is -2.34. The van der Waals surface area contributed by atoms with Gasteiger partial charge < -0.3 is 21.1 Å². The van der Waals surface area contributed by atoms with Crippen LogP contribution < -0.4 is 16.4 Å². The normalized spacial score (nSPS) is 27.6. The summed E-state index contributed by atoms with van der Waals surface area (Å²) in [7, 11) is 0. The van der Waals surface area contributed by atoms with E-state index in [-0.39, 0.29) is 31.3 Å². The third kappa shape index (κ3) is 5.97. The number of ketones is 1. The number of alkyl halides is 3. The SMILES string of the molecule is NC(=O)C1([C@H](CC2CC2)C(=O)N[C@@H](C[C@@H]2CCNC2=O)C(=O)COC(F)(F)F)CCCO1. The molecule has 32 heavy (non-hydrogen) atoms. The Morgan fingerprint density at radius 3 is 2.47 bits per heavy atom. The van der Waals surface area contributed by atoms with Crippen molar-refractivity contribution >= 4 is 23.5 Å². The molecular weight excluding hydrogens is 435 g/mol. The number of nitrogens with one attached hydrogen (secondary N) is 2. The summed E-state index contributed by atoms with van der Waals surface area (Å²) in [5.41, 5.74) is 4.07. The minimum absolute atomic E-state index is 0.168. The Hall–Kier alpha value is -2.21. The molecule has 0 bridgehead atoms. The molecule has 180 valence electrons. The minimum Gasteiger partial charge on any atom is -0.367 e. The van der Waals surface area contributed by atoms with Crippen LogP contribution in [0, 0.1) is 17.8 Å². The van der Waals surface area contributed by atoms with E-state index in [0.29, 0.717) is 25.8 Å². The van der Waals surface area contributed by atoms with Crippen LogP contribution in [-0.4, -0.2) is 61.3 Å². The molecule has 0 aromatic rings. The molecule has 3 amide bonds. The Balaban J connectivity index is 1.78. The van der Waals surface area contributed by atoms with Crippen LogP contribution in [0.3, 0.4) is 0 Å². The highest BCUT2D eigenvalue weighted by atomic mass is 19.4. The van der Waals surface area contributed by atoms with E-state index in [9.17, 15) is 32.3 Å². The van der Waals surface area contributed by atoms with Gasteiger partial charge in [0.05, 0.1) is 12.0 Å². The first-order valence-electron chi connectivity index (χ1n) is 10.8. The molecule has 1 aliphatic carbocycles. The van der Waals surface area contributed by atoms with Gasteiger partial charge in [-0.1, -0.05) is 12.8 Å². The van der Waals surface area contributed by atoms with Crippen molar-refractivity contribution in [1.82, 2.24) is 10.6 Å². The first kappa shape index (κ1) is 24.4. The van der Waals surface area contributed by atoms with Crippen LogP contribution in [0.25, 0.3) is 0 Å². The summed E-state index contributed by atoms with van der Waals surface area (Å²) in [6.07, 6.45) is -1.95. The van der Waals surface area contributed by atoms with Crippen molar-refractivity contribution in [3.63, 3.8) is 0 Å². The number of carbonyl (C=O) groups is 4. The molecule has 1 saturated carbocycles. The van der Waals surface area contributed by atoms with Crippen LogP contribution in [0.15, 0.2) is 0 Å². The molecule has 9 nitrogen and oxygen atoms in total. The van der Waals surface area contributed by atoms with E-state index >= 15 is 0 Å². The van der Waals surface area contributed by atoms with Crippen molar-refractivity contribution < 1.29 is 41.8 Å². The number of hydrogen-bond acceptors (Lipinski definition) is 6. The summed E-state index contributed by atoms with van der Waals surface area (Å²) < 4.78 is 46.6. The zero-order chi connectivity index (χ0) is 23.5. The number of hydrogen-bond donors (Lipinski definition) is 3. The van der Waals surface area contributed by atoms with Gasteiger partial charge in [0.15, 0.2) is 11.4 Å². The third-order valence-corrected chi connectivity index (χ3v) is 6.38. The van der Waals surface area contributed by atoms with Crippen molar-refractivity contribution in [2.45, 2.75) is 63.0 Å². The summed E-state index contributed by atoms with van der Waals surface area (Å²) in [6, 6.07) is -1.38. The summed E-state index contributed by atoms with van der Waals surface area (Å²) in [5, 5.41) is 5.08. The van der Waals surface area contributed by atoms with Gasteiger partial charge in [0.25, 0.3) is 5.91 Å². The molecule has 3 aliphatic rings. The number of nitrogens with two attached hydrogens (primary N) is 1. The van der Waals surface area contributed by atoms with Crippen molar-refractivity contribution in [3.05, 3.63) is 0 Å². The number of Topliss-reactive ketones (excluding diaryl/α,β-unsaturated/α-hetero) is 1. The predicted octanol–water partition coefficient (Wildman–Crippen LogP) is 0.554. The molecule has 3 rings (SSSR count). The van der Waals surface area contributed by atoms with Gasteiger partial charge in [0.2, 0.25) is 11.8 Å². The second kappa shape index (κ2) is 9.74. The molecule has 0 radical (unpaired) electrons. The van der Waals surface area contributed by atoms with Gasteiger partial charge in [0, 0.05) is 19.1 Å². The summed E-state index contributed by atoms with van der Waals surface area (Å²) in [4.78, 5) is 50.0. The van der Waals surface area contributed by atoms with E-state index in [2.05, 4.69) is 15.4 Å². The lowest BCUT2D eigenvalue weighted by Crippen LogP contribution is -2.57. The van der Waals surface area contributed by atoms with Crippen LogP contribution in [-0.2, 0) is 28.7 Å². The second-order valence-corrected chi connectivity index (χ2v) is 8.71. The van der Waals surface area contributed by atoms with Crippen LogP contribution in [0.1, 0.15) is 44.9 Å². The maximum absolute atomic E-state index is 13.3. The highest BCUT2D eigenvalue weighted by Gasteiger charge is 2.53. The number of amides is 3.